The summed E-state index contributed by atoms with van der Waals surface area (Å²) >= 11 is 0. The SMILES string of the molecule is COc1ccc2c(c1)CCCN2C(=O)c1cccc(NS(=O)(=O)c2ccc(C)cc2)c1. The number of aryl methyl sites for hydroxylation is 2. The topological polar surface area (TPSA) is 75.7 Å². The number of rotatable bonds is 5. The highest BCUT2D eigenvalue weighted by Gasteiger charge is 2.24. The Kier molecular flexibility index (Phi) is 5.69. The van der Waals surface area contributed by atoms with E-state index in [2.05, 4.69) is 4.72 Å². The number of benzene rings is 3. The van der Waals surface area contributed by atoms with Gasteiger partial charge in [0, 0.05) is 23.5 Å². The van der Waals surface area contributed by atoms with Crippen molar-refractivity contribution in [3.8, 4) is 5.75 Å². The molecule has 1 N–H and O–H groups in total. The number of hydrogen-bond donors (Lipinski definition) is 1. The first kappa shape index (κ1) is 20.9. The van der Waals surface area contributed by atoms with Gasteiger partial charge in [-0.15, -0.1) is 0 Å². The van der Waals surface area contributed by atoms with Crippen molar-refractivity contribution in [2.24, 2.45) is 0 Å². The van der Waals surface area contributed by atoms with Gasteiger partial charge in [0.05, 0.1) is 12.0 Å². The Morgan fingerprint density at radius 3 is 2.55 bits per heavy atom. The van der Waals surface area contributed by atoms with Gasteiger partial charge in [-0.3, -0.25) is 9.52 Å². The number of nitrogens with zero attached hydrogens (tertiary/aromatic N) is 1. The van der Waals surface area contributed by atoms with Crippen molar-refractivity contribution in [3.05, 3.63) is 83.4 Å². The molecule has 1 heterocycles. The molecule has 0 spiro atoms. The van der Waals surface area contributed by atoms with Crippen LogP contribution in [0, 0.1) is 6.92 Å². The quantitative estimate of drug-likeness (QED) is 0.643. The van der Waals surface area contributed by atoms with Gasteiger partial charge in [-0.05, 0) is 73.9 Å². The molecule has 0 unspecified atom stereocenters. The molecule has 3 aromatic rings. The van der Waals surface area contributed by atoms with E-state index in [0.717, 1.165) is 35.4 Å². The first-order valence-electron chi connectivity index (χ1n) is 10.1. The Morgan fingerprint density at radius 1 is 1.03 bits per heavy atom. The molecule has 3 aromatic carbocycles. The van der Waals surface area contributed by atoms with Crippen LogP contribution in [-0.4, -0.2) is 28.0 Å². The minimum Gasteiger partial charge on any atom is -0.497 e. The van der Waals surface area contributed by atoms with Gasteiger partial charge in [-0.25, -0.2) is 8.42 Å². The maximum Gasteiger partial charge on any atom is 0.261 e. The highest BCUT2D eigenvalue weighted by molar-refractivity contribution is 7.92. The summed E-state index contributed by atoms with van der Waals surface area (Å²) in [4.78, 5) is 15.2. The van der Waals surface area contributed by atoms with Crippen molar-refractivity contribution in [2.45, 2.75) is 24.7 Å². The normalized spacial score (nSPS) is 13.4. The number of carbonyl (C=O) groups excluding carboxylic acids is 1. The Hall–Kier alpha value is -3.32. The third-order valence-corrected chi connectivity index (χ3v) is 6.74. The highest BCUT2D eigenvalue weighted by atomic mass is 32.2. The molecule has 6 nitrogen and oxygen atoms in total. The fourth-order valence-corrected chi connectivity index (χ4v) is 4.76. The third kappa shape index (κ3) is 4.41. The molecule has 0 radical (unpaired) electrons. The Bertz CT molecular complexity index is 1220. The lowest BCUT2D eigenvalue weighted by Gasteiger charge is -2.30. The van der Waals surface area contributed by atoms with Crippen LogP contribution in [0.5, 0.6) is 5.75 Å². The summed E-state index contributed by atoms with van der Waals surface area (Å²) in [5, 5.41) is 0. The number of methoxy groups -OCH3 is 1. The molecule has 0 atom stereocenters. The largest absolute Gasteiger partial charge is 0.497 e. The van der Waals surface area contributed by atoms with E-state index in [4.69, 9.17) is 4.74 Å². The molecular formula is C24H24N2O4S. The Labute approximate surface area is 182 Å². The second kappa shape index (κ2) is 8.43. The lowest BCUT2D eigenvalue weighted by atomic mass is 10.0. The van der Waals surface area contributed by atoms with Crippen LogP contribution >= 0.6 is 0 Å². The molecule has 0 fully saturated rings. The van der Waals surface area contributed by atoms with E-state index in [1.54, 1.807) is 60.5 Å². The molecule has 160 valence electrons. The summed E-state index contributed by atoms with van der Waals surface area (Å²) < 4.78 is 33.3. The molecule has 31 heavy (non-hydrogen) atoms. The second-order valence-electron chi connectivity index (χ2n) is 7.55. The van der Waals surface area contributed by atoms with Crippen LogP contribution in [0.1, 0.15) is 27.9 Å². The fourth-order valence-electron chi connectivity index (χ4n) is 3.71. The lowest BCUT2D eigenvalue weighted by Crippen LogP contribution is -2.35. The molecule has 4 rings (SSSR count). The minimum atomic E-state index is -3.74. The van der Waals surface area contributed by atoms with Crippen LogP contribution < -0.4 is 14.4 Å². The molecule has 1 aliphatic rings. The van der Waals surface area contributed by atoms with Crippen LogP contribution in [0.4, 0.5) is 11.4 Å². The second-order valence-corrected chi connectivity index (χ2v) is 9.24. The number of ether oxygens (including phenoxy) is 1. The van der Waals surface area contributed by atoms with E-state index in [1.165, 1.54) is 0 Å². The van der Waals surface area contributed by atoms with E-state index in [0.29, 0.717) is 17.8 Å². The summed E-state index contributed by atoms with van der Waals surface area (Å²) in [6, 6.07) is 18.9. The monoisotopic (exact) mass is 436 g/mol. The summed E-state index contributed by atoms with van der Waals surface area (Å²) in [7, 11) is -2.12. The number of carbonyl (C=O) groups is 1. The molecule has 1 amide bonds. The predicted molar refractivity (Wildman–Crippen MR) is 121 cm³/mol. The van der Waals surface area contributed by atoms with Crippen molar-refractivity contribution in [2.75, 3.05) is 23.3 Å². The van der Waals surface area contributed by atoms with Gasteiger partial charge in [0.15, 0.2) is 0 Å². The average Bonchev–Trinajstić information content (AvgIpc) is 2.78. The molecule has 0 aliphatic carbocycles. The standard InChI is InChI=1S/C24H24N2O4S/c1-17-8-11-22(12-9-17)31(28,29)25-20-7-3-5-19(15-20)24(27)26-14-4-6-18-16-21(30-2)10-13-23(18)26/h3,5,7-13,15-16,25H,4,6,14H2,1-2H3. The van der Waals surface area contributed by atoms with Crippen molar-refractivity contribution in [1.82, 2.24) is 0 Å². The van der Waals surface area contributed by atoms with E-state index in [9.17, 15) is 13.2 Å². The summed E-state index contributed by atoms with van der Waals surface area (Å²) in [6.45, 7) is 2.51. The molecule has 0 aromatic heterocycles. The summed E-state index contributed by atoms with van der Waals surface area (Å²) in [5.41, 5.74) is 3.68. The maximum atomic E-state index is 13.3. The first-order chi connectivity index (χ1) is 14.9. The number of nitrogens with one attached hydrogen (secondary N) is 1. The van der Waals surface area contributed by atoms with Crippen LogP contribution in [0.25, 0.3) is 0 Å². The zero-order valence-electron chi connectivity index (χ0n) is 17.5. The zero-order valence-corrected chi connectivity index (χ0v) is 18.3. The smallest absolute Gasteiger partial charge is 0.261 e. The van der Waals surface area contributed by atoms with Crippen LogP contribution in [-0.2, 0) is 16.4 Å². The lowest BCUT2D eigenvalue weighted by molar-refractivity contribution is 0.0985. The van der Waals surface area contributed by atoms with Crippen molar-refractivity contribution in [1.29, 1.82) is 0 Å². The number of amides is 1. The van der Waals surface area contributed by atoms with Gasteiger partial charge in [0.25, 0.3) is 15.9 Å². The fraction of sp³-hybridized carbons (Fsp3) is 0.208. The van der Waals surface area contributed by atoms with Gasteiger partial charge in [0.1, 0.15) is 5.75 Å². The minimum absolute atomic E-state index is 0.164. The van der Waals surface area contributed by atoms with Gasteiger partial charge in [-0.2, -0.15) is 0 Å². The van der Waals surface area contributed by atoms with Crippen molar-refractivity contribution >= 4 is 27.3 Å². The van der Waals surface area contributed by atoms with Crippen molar-refractivity contribution < 1.29 is 17.9 Å². The molecule has 0 saturated carbocycles. The van der Waals surface area contributed by atoms with E-state index in [1.807, 2.05) is 25.1 Å². The van der Waals surface area contributed by atoms with E-state index in [-0.39, 0.29) is 10.8 Å². The number of sulfonamides is 1. The summed E-state index contributed by atoms with van der Waals surface area (Å²) in [5.74, 6) is 0.600. The predicted octanol–water partition coefficient (Wildman–Crippen LogP) is 4.40. The average molecular weight is 437 g/mol. The third-order valence-electron chi connectivity index (χ3n) is 5.34. The van der Waals surface area contributed by atoms with Gasteiger partial charge < -0.3 is 9.64 Å². The molecule has 1 aliphatic heterocycles. The molecule has 7 heteroatoms. The van der Waals surface area contributed by atoms with Crippen molar-refractivity contribution in [3.63, 3.8) is 0 Å². The van der Waals surface area contributed by atoms with Gasteiger partial charge in [-0.1, -0.05) is 23.8 Å². The van der Waals surface area contributed by atoms with Gasteiger partial charge in [0.2, 0.25) is 0 Å². The highest BCUT2D eigenvalue weighted by Crippen LogP contribution is 2.32. The van der Waals surface area contributed by atoms with Crippen LogP contribution in [0.3, 0.4) is 0 Å². The molecule has 0 bridgehead atoms. The number of hydrogen-bond acceptors (Lipinski definition) is 4. The number of anilines is 2. The maximum absolute atomic E-state index is 13.3. The van der Waals surface area contributed by atoms with E-state index < -0.39 is 10.0 Å². The molecular weight excluding hydrogens is 412 g/mol. The Balaban J connectivity index is 1.59. The molecule has 0 saturated heterocycles. The zero-order chi connectivity index (χ0) is 22.0. The van der Waals surface area contributed by atoms with Gasteiger partial charge >= 0.3 is 0 Å². The van der Waals surface area contributed by atoms with Crippen LogP contribution in [0.2, 0.25) is 0 Å². The van der Waals surface area contributed by atoms with E-state index >= 15 is 0 Å². The number of fused-ring (bicyclic) bond motifs is 1. The van der Waals surface area contributed by atoms with Crippen LogP contribution in [0.15, 0.2) is 71.6 Å². The first-order valence-corrected chi connectivity index (χ1v) is 11.5. The Morgan fingerprint density at radius 2 is 1.81 bits per heavy atom. The summed E-state index contributed by atoms with van der Waals surface area (Å²) in [6.07, 6.45) is 1.73.